The Labute approximate surface area is 76.3 Å². The maximum absolute atomic E-state index is 3.37. The molecule has 1 unspecified atom stereocenters. The van der Waals surface area contributed by atoms with Crippen molar-refractivity contribution in [3.63, 3.8) is 0 Å². The molecule has 0 aliphatic carbocycles. The lowest BCUT2D eigenvalue weighted by atomic mass is 10.1. The highest BCUT2D eigenvalue weighted by Gasteiger charge is 2.19. The average molecular weight is 170 g/mol. The van der Waals surface area contributed by atoms with Gasteiger partial charge in [0.05, 0.1) is 0 Å². The summed E-state index contributed by atoms with van der Waals surface area (Å²) in [5, 5.41) is 3.37. The van der Waals surface area contributed by atoms with Crippen molar-refractivity contribution in [3.05, 3.63) is 0 Å². The standard InChI is InChI=1S/C10H22N2/c1-3-11-8-4-6-10-7-5-9-12(10)2/h10-11H,3-9H2,1-2H3. The van der Waals surface area contributed by atoms with Crippen molar-refractivity contribution in [1.29, 1.82) is 0 Å². The number of hydrogen-bond donors (Lipinski definition) is 1. The molecule has 0 aromatic carbocycles. The zero-order valence-corrected chi connectivity index (χ0v) is 8.47. The van der Waals surface area contributed by atoms with Gasteiger partial charge >= 0.3 is 0 Å². The fourth-order valence-electron chi connectivity index (χ4n) is 1.98. The summed E-state index contributed by atoms with van der Waals surface area (Å²) in [5.41, 5.74) is 0. The third-order valence-electron chi connectivity index (χ3n) is 2.81. The van der Waals surface area contributed by atoms with Crippen LogP contribution in [0.15, 0.2) is 0 Å². The van der Waals surface area contributed by atoms with Gasteiger partial charge in [0.25, 0.3) is 0 Å². The van der Waals surface area contributed by atoms with E-state index in [0.29, 0.717) is 0 Å². The molecule has 1 aliphatic rings. The fourth-order valence-corrected chi connectivity index (χ4v) is 1.98. The van der Waals surface area contributed by atoms with E-state index < -0.39 is 0 Å². The first kappa shape index (κ1) is 10.0. The highest BCUT2D eigenvalue weighted by atomic mass is 15.1. The highest BCUT2D eigenvalue weighted by molar-refractivity contribution is 4.76. The average Bonchev–Trinajstić information content (AvgIpc) is 2.46. The molecule has 0 aromatic rings. The number of likely N-dealkylation sites (tertiary alicyclic amines) is 1. The summed E-state index contributed by atoms with van der Waals surface area (Å²) in [6.45, 7) is 5.79. The minimum Gasteiger partial charge on any atom is -0.317 e. The van der Waals surface area contributed by atoms with Crippen molar-refractivity contribution in [2.75, 3.05) is 26.7 Å². The van der Waals surface area contributed by atoms with Gasteiger partial charge in [-0.2, -0.15) is 0 Å². The second-order valence-electron chi connectivity index (χ2n) is 3.77. The molecule has 1 fully saturated rings. The minimum atomic E-state index is 0.878. The summed E-state index contributed by atoms with van der Waals surface area (Å²) in [4.78, 5) is 2.51. The Bertz CT molecular complexity index is 114. The van der Waals surface area contributed by atoms with E-state index in [1.807, 2.05) is 0 Å². The molecule has 1 rings (SSSR count). The molecule has 2 nitrogen and oxygen atoms in total. The van der Waals surface area contributed by atoms with E-state index in [9.17, 15) is 0 Å². The second kappa shape index (κ2) is 5.55. The quantitative estimate of drug-likeness (QED) is 0.629. The molecule has 0 aromatic heterocycles. The van der Waals surface area contributed by atoms with E-state index in [4.69, 9.17) is 0 Å². The minimum absolute atomic E-state index is 0.878. The predicted molar refractivity (Wildman–Crippen MR) is 53.4 cm³/mol. The number of nitrogens with one attached hydrogen (secondary N) is 1. The lowest BCUT2D eigenvalue weighted by Gasteiger charge is -2.18. The summed E-state index contributed by atoms with van der Waals surface area (Å²) in [6, 6.07) is 0.878. The van der Waals surface area contributed by atoms with Crippen LogP contribution < -0.4 is 5.32 Å². The van der Waals surface area contributed by atoms with E-state index >= 15 is 0 Å². The largest absolute Gasteiger partial charge is 0.317 e. The van der Waals surface area contributed by atoms with Crippen LogP contribution >= 0.6 is 0 Å². The normalized spacial score (nSPS) is 25.0. The smallest absolute Gasteiger partial charge is 0.00931 e. The van der Waals surface area contributed by atoms with Gasteiger partial charge in [0.1, 0.15) is 0 Å². The molecular weight excluding hydrogens is 148 g/mol. The van der Waals surface area contributed by atoms with Gasteiger partial charge in [0.2, 0.25) is 0 Å². The number of hydrogen-bond acceptors (Lipinski definition) is 2. The van der Waals surface area contributed by atoms with Gasteiger partial charge in [-0.25, -0.2) is 0 Å². The molecule has 0 spiro atoms. The number of nitrogens with zero attached hydrogens (tertiary/aromatic N) is 1. The predicted octanol–water partition coefficient (Wildman–Crippen LogP) is 1.47. The van der Waals surface area contributed by atoms with Gasteiger partial charge in [0.15, 0.2) is 0 Å². The molecule has 12 heavy (non-hydrogen) atoms. The van der Waals surface area contributed by atoms with Gasteiger partial charge in [-0.1, -0.05) is 6.92 Å². The van der Waals surface area contributed by atoms with Crippen molar-refractivity contribution in [3.8, 4) is 0 Å². The molecule has 0 bridgehead atoms. The van der Waals surface area contributed by atoms with Crippen LogP contribution in [-0.4, -0.2) is 37.6 Å². The van der Waals surface area contributed by atoms with Crippen LogP contribution in [-0.2, 0) is 0 Å². The van der Waals surface area contributed by atoms with E-state index in [1.54, 1.807) is 0 Å². The summed E-state index contributed by atoms with van der Waals surface area (Å²) < 4.78 is 0. The molecule has 1 atom stereocenters. The fraction of sp³-hybridized carbons (Fsp3) is 1.00. The first-order valence-corrected chi connectivity index (χ1v) is 5.25. The topological polar surface area (TPSA) is 15.3 Å². The molecule has 72 valence electrons. The van der Waals surface area contributed by atoms with Crippen LogP contribution in [0.25, 0.3) is 0 Å². The van der Waals surface area contributed by atoms with E-state index in [2.05, 4.69) is 24.2 Å². The molecule has 1 saturated heterocycles. The Hall–Kier alpha value is -0.0800. The molecule has 0 amide bonds. The molecule has 0 radical (unpaired) electrons. The highest BCUT2D eigenvalue weighted by Crippen LogP contribution is 2.18. The summed E-state index contributed by atoms with van der Waals surface area (Å²) >= 11 is 0. The second-order valence-corrected chi connectivity index (χ2v) is 3.77. The number of rotatable bonds is 5. The van der Waals surface area contributed by atoms with Gasteiger partial charge in [0, 0.05) is 6.04 Å². The lowest BCUT2D eigenvalue weighted by molar-refractivity contribution is 0.291. The van der Waals surface area contributed by atoms with E-state index in [0.717, 1.165) is 12.6 Å². The Morgan fingerprint density at radius 1 is 1.50 bits per heavy atom. The van der Waals surface area contributed by atoms with Gasteiger partial charge in [-0.15, -0.1) is 0 Å². The van der Waals surface area contributed by atoms with Gasteiger partial charge < -0.3 is 10.2 Å². The van der Waals surface area contributed by atoms with Crippen molar-refractivity contribution < 1.29 is 0 Å². The van der Waals surface area contributed by atoms with Gasteiger partial charge in [-0.3, -0.25) is 0 Å². The first-order chi connectivity index (χ1) is 5.84. The zero-order valence-electron chi connectivity index (χ0n) is 8.47. The lowest BCUT2D eigenvalue weighted by Crippen LogP contribution is -2.26. The van der Waals surface area contributed by atoms with Crippen LogP contribution in [0.4, 0.5) is 0 Å². The van der Waals surface area contributed by atoms with Crippen molar-refractivity contribution in [1.82, 2.24) is 10.2 Å². The zero-order chi connectivity index (χ0) is 8.81. The first-order valence-electron chi connectivity index (χ1n) is 5.25. The summed E-state index contributed by atoms with van der Waals surface area (Å²) in [7, 11) is 2.25. The van der Waals surface area contributed by atoms with Crippen LogP contribution in [0.3, 0.4) is 0 Å². The molecular formula is C10H22N2. The molecule has 1 aliphatic heterocycles. The van der Waals surface area contributed by atoms with Crippen molar-refractivity contribution >= 4 is 0 Å². The molecule has 1 heterocycles. The van der Waals surface area contributed by atoms with Crippen molar-refractivity contribution in [2.45, 2.75) is 38.6 Å². The van der Waals surface area contributed by atoms with Crippen LogP contribution in [0.5, 0.6) is 0 Å². The Kier molecular flexibility index (Phi) is 4.62. The third-order valence-corrected chi connectivity index (χ3v) is 2.81. The van der Waals surface area contributed by atoms with Gasteiger partial charge in [-0.05, 0) is 52.4 Å². The SMILES string of the molecule is CCNCCCC1CCCN1C. The van der Waals surface area contributed by atoms with E-state index in [1.165, 1.54) is 38.8 Å². The molecule has 2 heteroatoms. The van der Waals surface area contributed by atoms with Crippen LogP contribution in [0, 0.1) is 0 Å². The maximum atomic E-state index is 3.37. The van der Waals surface area contributed by atoms with Crippen LogP contribution in [0.2, 0.25) is 0 Å². The monoisotopic (exact) mass is 170 g/mol. The maximum Gasteiger partial charge on any atom is 0.00931 e. The molecule has 1 N–H and O–H groups in total. The Balaban J connectivity index is 1.98. The third kappa shape index (κ3) is 3.11. The molecule has 0 saturated carbocycles. The summed E-state index contributed by atoms with van der Waals surface area (Å²) in [6.07, 6.45) is 5.54. The van der Waals surface area contributed by atoms with E-state index in [-0.39, 0.29) is 0 Å². The Morgan fingerprint density at radius 2 is 2.33 bits per heavy atom. The van der Waals surface area contributed by atoms with Crippen molar-refractivity contribution in [2.24, 2.45) is 0 Å². The Morgan fingerprint density at radius 3 is 2.92 bits per heavy atom. The summed E-state index contributed by atoms with van der Waals surface area (Å²) in [5.74, 6) is 0. The van der Waals surface area contributed by atoms with Crippen LogP contribution in [0.1, 0.15) is 32.6 Å².